The third-order valence-electron chi connectivity index (χ3n) is 25.6. The summed E-state index contributed by atoms with van der Waals surface area (Å²) in [6.45, 7) is 62.9. The van der Waals surface area contributed by atoms with Crippen molar-refractivity contribution in [2.75, 3.05) is 52.8 Å². The fraction of sp³-hybridized carbons (Fsp3) is 0.505. The topological polar surface area (TPSA) is 443 Å². The van der Waals surface area contributed by atoms with Crippen molar-refractivity contribution in [3.63, 3.8) is 0 Å². The molecule has 5 aliphatic rings. The predicted molar refractivity (Wildman–Crippen MR) is 558 cm³/mol. The lowest BCUT2D eigenvalue weighted by Gasteiger charge is -2.29. The summed E-state index contributed by atoms with van der Waals surface area (Å²) < 4.78 is 92.9. The Kier molecular flexibility index (Phi) is 34.4. The number of nitrogens with zero attached hydrogens (tertiary/aromatic N) is 17. The average molecular weight is 2060 g/mol. The third-order valence-corrected chi connectivity index (χ3v) is 25.6. The summed E-state index contributed by atoms with van der Waals surface area (Å²) in [6.07, 6.45) is 13.9. The van der Waals surface area contributed by atoms with Crippen LogP contribution in [0.5, 0.6) is 11.5 Å². The number of amides is 6. The zero-order valence-electron chi connectivity index (χ0n) is 87.3. The molecule has 6 aromatic carbocycles. The quantitative estimate of drug-likeness (QED) is 0.0168. The van der Waals surface area contributed by atoms with E-state index in [1.165, 1.54) is 77.8 Å². The molecule has 1 unspecified atom stereocenters. The van der Waals surface area contributed by atoms with Crippen molar-refractivity contribution in [1.29, 1.82) is 0 Å². The number of methoxy groups -OCH3 is 2. The Morgan fingerprint density at radius 1 is 0.369 bits per heavy atom. The summed E-state index contributed by atoms with van der Waals surface area (Å²) >= 11 is 0. The minimum atomic E-state index is -1.72. The van der Waals surface area contributed by atoms with Gasteiger partial charge >= 0.3 is 0 Å². The maximum absolute atomic E-state index is 14.7. The largest absolute Gasteiger partial charge is 0.496 e. The van der Waals surface area contributed by atoms with Crippen LogP contribution in [0.4, 0.5) is 86.1 Å². The van der Waals surface area contributed by atoms with Crippen LogP contribution in [-0.2, 0) is 39.8 Å². The van der Waals surface area contributed by atoms with E-state index in [9.17, 15) is 81.4 Å². The molecule has 792 valence electrons. The first-order valence-electron chi connectivity index (χ1n) is 49.4. The van der Waals surface area contributed by atoms with Gasteiger partial charge in [-0.2, -0.15) is 0 Å². The van der Waals surface area contributed by atoms with Gasteiger partial charge in [0, 0.05) is 41.3 Å². The zero-order valence-corrected chi connectivity index (χ0v) is 87.3. The molecular formula is C107H130F5N23O14. The van der Waals surface area contributed by atoms with Crippen molar-refractivity contribution >= 4 is 166 Å². The number of benzene rings is 6. The monoisotopic (exact) mass is 2060 g/mol. The van der Waals surface area contributed by atoms with E-state index in [0.717, 1.165) is 99.0 Å². The Morgan fingerprint density at radius 3 is 1.01 bits per heavy atom. The number of carbonyl (C=O) groups excluding carboxylic acids is 6. The molecule has 5 aliphatic carbocycles. The first-order valence-corrected chi connectivity index (χ1v) is 49.4. The van der Waals surface area contributed by atoms with Gasteiger partial charge in [-0.1, -0.05) is 25.1 Å². The lowest BCUT2D eigenvalue weighted by atomic mass is 9.92. The number of ether oxygens (including phenoxy) is 2. The van der Waals surface area contributed by atoms with Crippen molar-refractivity contribution in [2.45, 2.75) is 327 Å². The SMILES string of the molecule is COc1cc2nc(NC(=O)CC(C)(C)O)n(C3CCC3)c2cc1C1CC1.[C-]#[N+]c1cc(F)c2nc(NC(=O)CC(C)(C)O)n(C3CCC3)c2c1.[C-]#[N+]c1cc(OC)c2nc(NC(=O)CC(C)(C)O)n(C3CCC3)c2c1.[C-]#[N+]c1ccc2nc(NC(=O)CC(C)(C)O)n(C(C)(C)C)c2c1F.[C-]#[N+]c1ccc2nc(NC(=O)CC(C)(C)O)n(C(C)(C)C)c2c1F.[C-]#[N+]c1ccc2nc(NC(=O)CC(O)(CC)CF)n(C3CCC3)c2c1F. The van der Waals surface area contributed by atoms with Crippen LogP contribution in [0.2, 0.25) is 0 Å². The van der Waals surface area contributed by atoms with Gasteiger partial charge in [0.05, 0.1) is 169 Å². The van der Waals surface area contributed by atoms with Crippen molar-refractivity contribution in [3.05, 3.63) is 159 Å². The number of hydrogen-bond donors (Lipinski definition) is 12. The van der Waals surface area contributed by atoms with Crippen molar-refractivity contribution in [1.82, 2.24) is 57.3 Å². The summed E-state index contributed by atoms with van der Waals surface area (Å²) in [6, 6.07) is 19.8. The first kappa shape index (κ1) is 113. The third kappa shape index (κ3) is 27.5. The molecule has 37 nitrogen and oxygen atoms in total. The average Bonchev–Trinajstić information content (AvgIpc) is 1.65. The first-order chi connectivity index (χ1) is 69.7. The van der Waals surface area contributed by atoms with E-state index in [1.807, 2.05) is 52.2 Å². The fourth-order valence-corrected chi connectivity index (χ4v) is 17.6. The number of aromatic nitrogens is 12. The summed E-state index contributed by atoms with van der Waals surface area (Å²) in [5.41, 5.74) is -1.27. The number of hydrogen-bond acceptors (Lipinski definition) is 20. The molecule has 6 aromatic heterocycles. The Labute approximate surface area is 859 Å². The van der Waals surface area contributed by atoms with E-state index in [0.29, 0.717) is 62.9 Å². The number of anilines is 6. The summed E-state index contributed by atoms with van der Waals surface area (Å²) in [7, 11) is 3.24. The molecule has 6 amide bonds. The number of rotatable bonds is 27. The lowest BCUT2D eigenvalue weighted by molar-refractivity contribution is -0.122. The van der Waals surface area contributed by atoms with Crippen LogP contribution < -0.4 is 41.4 Å². The number of alkyl halides is 1. The summed E-state index contributed by atoms with van der Waals surface area (Å²) in [5, 5.41) is 75.3. The molecule has 12 N–H and O–H groups in total. The number of nitrogens with one attached hydrogen (secondary N) is 6. The van der Waals surface area contributed by atoms with Gasteiger partial charge in [-0.15, -0.1) is 0 Å². The van der Waals surface area contributed by atoms with Gasteiger partial charge in [0.25, 0.3) is 0 Å². The van der Waals surface area contributed by atoms with Crippen molar-refractivity contribution < 1.29 is 90.8 Å². The molecule has 5 fully saturated rings. The molecule has 0 radical (unpaired) electrons. The van der Waals surface area contributed by atoms with Gasteiger partial charge in [0.1, 0.15) is 40.6 Å². The molecule has 0 bridgehead atoms. The molecule has 6 heterocycles. The molecule has 12 aromatic rings. The normalized spacial score (nSPS) is 14.9. The zero-order chi connectivity index (χ0) is 110. The minimum Gasteiger partial charge on any atom is -0.496 e. The minimum absolute atomic E-state index is 0.0167. The summed E-state index contributed by atoms with van der Waals surface area (Å²) in [4.78, 5) is 116. The number of imidazole rings is 6. The molecule has 149 heavy (non-hydrogen) atoms. The predicted octanol–water partition coefficient (Wildman–Crippen LogP) is 21.8. The number of fused-ring (bicyclic) bond motifs is 6. The van der Waals surface area contributed by atoms with Gasteiger partial charge < -0.3 is 67.5 Å². The van der Waals surface area contributed by atoms with E-state index in [-0.39, 0.29) is 143 Å². The Balaban J connectivity index is 0.000000159. The van der Waals surface area contributed by atoms with Crippen LogP contribution in [0.1, 0.15) is 288 Å². The molecule has 42 heteroatoms. The van der Waals surface area contributed by atoms with Crippen LogP contribution in [0, 0.1) is 56.1 Å². The second-order valence-corrected chi connectivity index (χ2v) is 43.6. The molecule has 17 rings (SSSR count). The molecule has 1 atom stereocenters. The van der Waals surface area contributed by atoms with Crippen molar-refractivity contribution in [3.8, 4) is 11.5 Å². The van der Waals surface area contributed by atoms with Crippen LogP contribution in [0.15, 0.2) is 72.8 Å². The van der Waals surface area contributed by atoms with Crippen LogP contribution in [0.3, 0.4) is 0 Å². The van der Waals surface area contributed by atoms with Crippen LogP contribution in [0.25, 0.3) is 90.4 Å². The molecular weight excluding hydrogens is 1930 g/mol. The van der Waals surface area contributed by atoms with E-state index in [2.05, 4.69) is 96.7 Å². The number of aliphatic hydroxyl groups is 6. The fourth-order valence-electron chi connectivity index (χ4n) is 17.6. The van der Waals surface area contributed by atoms with Crippen LogP contribution in [-0.4, -0.2) is 178 Å². The van der Waals surface area contributed by atoms with E-state index < -0.39 is 98.8 Å². The highest BCUT2D eigenvalue weighted by molar-refractivity contribution is 5.99. The van der Waals surface area contributed by atoms with Crippen LogP contribution >= 0.6 is 0 Å². The Hall–Kier alpha value is -14.6. The standard InChI is InChI=1S/C20H27N3O3.C18H20F2N4O2.C18H22N4O3.C17H19FN4O2.2C17H21FN4O2/c1-20(2,25)11-18(24)22-19-21-15-10-17(26-3)14(12-7-8-12)9-16(15)23(19)13-5-4-6-13;1-3-18(26,10-19)9-14(25)23-17-22-13-8-7-12(21-2)15(20)16(13)24(17)11-5-4-6-11;1-18(2,24)10-15(23)20-17-21-16-13(22(17)12-6-5-7-12)8-11(19-3)9-14(16)25-4;1-17(2,24)9-14(23)20-16-21-15-12(18)7-10(19-3)8-13(15)22(16)11-5-4-6-11;2*1-16(2,3)22-14-11(8-7-10(19-6)13(14)18)20-15(22)21-12(23)9-17(4,5)24/h9-10,12-13,25H,4-8,11H2,1-3H3,(H,21,22,24);7-8,11,26H,3-6,9-10H2,1H3,(H,22,23,25);8-9,12,24H,5-7,10H2,1-2,4H3,(H,20,21,23);7-8,11,24H,4-6,9H2,1-2H3,(H,20,21,23);2*7-8,24H,9H2,1-5H3,(H,20,21,23). The van der Waals surface area contributed by atoms with Gasteiger partial charge in [-0.25, -0.2) is 76.1 Å². The molecule has 0 saturated heterocycles. The van der Waals surface area contributed by atoms with E-state index in [1.54, 1.807) is 110 Å². The second kappa shape index (κ2) is 45.2. The Bertz CT molecular complexity index is 7170. The number of carbonyl (C=O) groups is 6. The lowest BCUT2D eigenvalue weighted by Crippen LogP contribution is -2.36. The second-order valence-electron chi connectivity index (χ2n) is 43.6. The maximum Gasteiger partial charge on any atom is 0.229 e. The van der Waals surface area contributed by atoms with Crippen molar-refractivity contribution in [2.24, 2.45) is 0 Å². The molecule has 0 spiro atoms. The summed E-state index contributed by atoms with van der Waals surface area (Å²) in [5.74, 6) is -1.10. The van der Waals surface area contributed by atoms with Gasteiger partial charge in [-0.05, 0) is 267 Å². The highest BCUT2D eigenvalue weighted by atomic mass is 19.1. The van der Waals surface area contributed by atoms with E-state index in [4.69, 9.17) is 42.3 Å². The molecule has 5 saturated carbocycles. The number of halogens is 5. The van der Waals surface area contributed by atoms with Gasteiger partial charge in [0.15, 0.2) is 28.8 Å². The maximum atomic E-state index is 14.7. The van der Waals surface area contributed by atoms with Gasteiger partial charge in [0.2, 0.25) is 88.2 Å². The van der Waals surface area contributed by atoms with E-state index >= 15 is 0 Å². The highest BCUT2D eigenvalue weighted by Crippen LogP contribution is 2.50. The smallest absolute Gasteiger partial charge is 0.229 e. The Morgan fingerprint density at radius 2 is 0.678 bits per heavy atom. The molecule has 0 aliphatic heterocycles. The van der Waals surface area contributed by atoms with Gasteiger partial charge in [-0.3, -0.25) is 60.7 Å². The highest BCUT2D eigenvalue weighted by Gasteiger charge is 2.39.